The molecule has 2 N–H and O–H groups in total. The molecule has 0 bridgehead atoms. The molecule has 2 saturated heterocycles. The molecule has 4 amide bonds. The second-order valence-electron chi connectivity index (χ2n) is 7.34. The quantitative estimate of drug-likeness (QED) is 0.574. The van der Waals surface area contributed by atoms with Crippen LogP contribution in [0.25, 0.3) is 0 Å². The van der Waals surface area contributed by atoms with Crippen LogP contribution in [0.5, 0.6) is 0 Å². The Hall–Kier alpha value is -3.42. The molecule has 29 heavy (non-hydrogen) atoms. The third-order valence-electron chi connectivity index (χ3n) is 5.32. The average Bonchev–Trinajstić information content (AvgIpc) is 3.47. The van der Waals surface area contributed by atoms with E-state index in [2.05, 4.69) is 10.3 Å². The van der Waals surface area contributed by atoms with Gasteiger partial charge in [0, 0.05) is 31.3 Å². The first-order chi connectivity index (χ1) is 14.0. The SMILES string of the molecule is O=C(CN1C(=O)N[C@H](Cc2ccccc2)C1=O)c1c[nH]c(C(=O)N2CCCC2)c1. The third-order valence-corrected chi connectivity index (χ3v) is 5.32. The van der Waals surface area contributed by atoms with E-state index >= 15 is 0 Å². The van der Waals surface area contributed by atoms with Crippen LogP contribution >= 0.6 is 0 Å². The number of nitrogens with one attached hydrogen (secondary N) is 2. The third kappa shape index (κ3) is 3.91. The summed E-state index contributed by atoms with van der Waals surface area (Å²) in [6, 6.07) is 9.60. The number of ketones is 1. The minimum Gasteiger partial charge on any atom is -0.356 e. The fourth-order valence-electron chi connectivity index (χ4n) is 3.72. The number of H-pyrrole nitrogens is 1. The number of imide groups is 1. The molecule has 2 fully saturated rings. The lowest BCUT2D eigenvalue weighted by molar-refractivity contribution is -0.127. The number of benzene rings is 1. The average molecular weight is 394 g/mol. The minimum atomic E-state index is -0.684. The molecule has 150 valence electrons. The molecule has 0 spiro atoms. The molecule has 1 atom stereocenters. The van der Waals surface area contributed by atoms with Gasteiger partial charge in [0.1, 0.15) is 11.7 Å². The van der Waals surface area contributed by atoms with Crippen molar-refractivity contribution in [3.8, 4) is 0 Å². The van der Waals surface area contributed by atoms with Crippen LogP contribution in [-0.4, -0.2) is 64.1 Å². The maximum atomic E-state index is 12.6. The Morgan fingerprint density at radius 2 is 1.79 bits per heavy atom. The lowest BCUT2D eigenvalue weighted by atomic mass is 10.1. The van der Waals surface area contributed by atoms with Gasteiger partial charge in [0.25, 0.3) is 11.8 Å². The molecule has 4 rings (SSSR count). The molecule has 0 radical (unpaired) electrons. The van der Waals surface area contributed by atoms with Gasteiger partial charge in [0.15, 0.2) is 5.78 Å². The molecule has 2 aromatic rings. The highest BCUT2D eigenvalue weighted by Crippen LogP contribution is 2.16. The Kier molecular flexibility index (Phi) is 5.16. The summed E-state index contributed by atoms with van der Waals surface area (Å²) in [7, 11) is 0. The lowest BCUT2D eigenvalue weighted by Crippen LogP contribution is -2.36. The first kappa shape index (κ1) is 18.9. The van der Waals surface area contributed by atoms with E-state index in [9.17, 15) is 19.2 Å². The number of hydrogen-bond acceptors (Lipinski definition) is 4. The fourth-order valence-corrected chi connectivity index (χ4v) is 3.72. The Bertz CT molecular complexity index is 947. The van der Waals surface area contributed by atoms with Gasteiger partial charge >= 0.3 is 6.03 Å². The van der Waals surface area contributed by atoms with Gasteiger partial charge in [-0.05, 0) is 24.5 Å². The molecule has 2 aliphatic rings. The fraction of sp³-hybridized carbons (Fsp3) is 0.333. The van der Waals surface area contributed by atoms with Gasteiger partial charge in [0.05, 0.1) is 6.54 Å². The van der Waals surface area contributed by atoms with Crippen LogP contribution in [0.3, 0.4) is 0 Å². The normalized spacial score (nSPS) is 19.0. The Morgan fingerprint density at radius 3 is 2.52 bits per heavy atom. The van der Waals surface area contributed by atoms with Gasteiger partial charge in [0.2, 0.25) is 0 Å². The smallest absolute Gasteiger partial charge is 0.325 e. The highest BCUT2D eigenvalue weighted by molar-refractivity contribution is 6.09. The summed E-state index contributed by atoms with van der Waals surface area (Å²) < 4.78 is 0. The van der Waals surface area contributed by atoms with E-state index < -0.39 is 23.8 Å². The van der Waals surface area contributed by atoms with Crippen molar-refractivity contribution in [1.82, 2.24) is 20.1 Å². The molecule has 0 aliphatic carbocycles. The zero-order valence-corrected chi connectivity index (χ0v) is 15.9. The zero-order valence-electron chi connectivity index (χ0n) is 15.9. The molecule has 8 heteroatoms. The Morgan fingerprint density at radius 1 is 1.07 bits per heavy atom. The van der Waals surface area contributed by atoms with Crippen LogP contribution in [0.4, 0.5) is 4.79 Å². The highest BCUT2D eigenvalue weighted by Gasteiger charge is 2.39. The van der Waals surface area contributed by atoms with Crippen LogP contribution < -0.4 is 5.32 Å². The van der Waals surface area contributed by atoms with Crippen molar-refractivity contribution < 1.29 is 19.2 Å². The first-order valence-electron chi connectivity index (χ1n) is 9.69. The number of urea groups is 1. The van der Waals surface area contributed by atoms with E-state index in [1.54, 1.807) is 4.90 Å². The molecule has 8 nitrogen and oxygen atoms in total. The molecule has 2 aliphatic heterocycles. The largest absolute Gasteiger partial charge is 0.356 e. The number of Topliss-reactive ketones (excluding diaryl/α,β-unsaturated/α-hetero) is 1. The predicted octanol–water partition coefficient (Wildman–Crippen LogP) is 1.60. The van der Waals surface area contributed by atoms with Crippen LogP contribution in [0, 0.1) is 0 Å². The minimum absolute atomic E-state index is 0.139. The maximum Gasteiger partial charge on any atom is 0.325 e. The molecule has 1 aromatic heterocycles. The summed E-state index contributed by atoms with van der Waals surface area (Å²) >= 11 is 0. The molecule has 0 saturated carbocycles. The summed E-state index contributed by atoms with van der Waals surface area (Å²) in [5, 5.41) is 2.64. The van der Waals surface area contributed by atoms with Crippen molar-refractivity contribution in [1.29, 1.82) is 0 Å². The van der Waals surface area contributed by atoms with E-state index in [0.29, 0.717) is 25.2 Å². The highest BCUT2D eigenvalue weighted by atomic mass is 16.2. The summed E-state index contributed by atoms with van der Waals surface area (Å²) in [6.07, 6.45) is 3.78. The van der Waals surface area contributed by atoms with Gasteiger partial charge in [-0.1, -0.05) is 30.3 Å². The number of amides is 4. The van der Waals surface area contributed by atoms with Crippen LogP contribution in [0.1, 0.15) is 39.3 Å². The monoisotopic (exact) mass is 394 g/mol. The van der Waals surface area contributed by atoms with Crippen molar-refractivity contribution in [2.75, 3.05) is 19.6 Å². The van der Waals surface area contributed by atoms with Crippen molar-refractivity contribution in [3.05, 3.63) is 59.4 Å². The topological polar surface area (TPSA) is 103 Å². The second-order valence-corrected chi connectivity index (χ2v) is 7.34. The van der Waals surface area contributed by atoms with E-state index in [4.69, 9.17) is 0 Å². The first-order valence-corrected chi connectivity index (χ1v) is 9.69. The maximum absolute atomic E-state index is 12.6. The number of carbonyl (C=O) groups is 4. The van der Waals surface area contributed by atoms with Gasteiger partial charge < -0.3 is 15.2 Å². The molecule has 0 unspecified atom stereocenters. The standard InChI is InChI=1S/C21H22N4O4/c26-18(15-11-16(22-12-15)19(27)24-8-4-5-9-24)13-25-20(28)17(23-21(25)29)10-14-6-2-1-3-7-14/h1-3,6-7,11-12,17,22H,4-5,8-10,13H2,(H,23,29)/t17-/m1/s1. The number of aromatic amines is 1. The van der Waals surface area contributed by atoms with Crippen molar-refractivity contribution >= 4 is 23.6 Å². The van der Waals surface area contributed by atoms with Crippen molar-refractivity contribution in [2.45, 2.75) is 25.3 Å². The number of hydrogen-bond donors (Lipinski definition) is 2. The zero-order chi connectivity index (χ0) is 20.4. The van der Waals surface area contributed by atoms with E-state index in [1.807, 2.05) is 30.3 Å². The van der Waals surface area contributed by atoms with E-state index in [0.717, 1.165) is 23.3 Å². The summed E-state index contributed by atoms with van der Waals surface area (Å²) in [5.41, 5.74) is 1.55. The van der Waals surface area contributed by atoms with Crippen LogP contribution in [0.2, 0.25) is 0 Å². The number of aromatic nitrogens is 1. The molecule has 1 aromatic carbocycles. The van der Waals surface area contributed by atoms with Gasteiger partial charge in [-0.15, -0.1) is 0 Å². The summed E-state index contributed by atoms with van der Waals surface area (Å²) in [4.78, 5) is 55.3. The van der Waals surface area contributed by atoms with Crippen LogP contribution in [0.15, 0.2) is 42.6 Å². The Labute approximate surface area is 167 Å². The number of likely N-dealkylation sites (tertiary alicyclic amines) is 1. The Balaban J connectivity index is 1.40. The number of nitrogens with zero attached hydrogens (tertiary/aromatic N) is 2. The molecular formula is C21H22N4O4. The lowest BCUT2D eigenvalue weighted by Gasteiger charge is -2.13. The second kappa shape index (κ2) is 7.90. The van der Waals surface area contributed by atoms with Crippen molar-refractivity contribution in [2.24, 2.45) is 0 Å². The van der Waals surface area contributed by atoms with E-state index in [1.165, 1.54) is 12.3 Å². The summed E-state index contributed by atoms with van der Waals surface area (Å²) in [5.74, 6) is -0.957. The van der Waals surface area contributed by atoms with Gasteiger partial charge in [-0.3, -0.25) is 19.3 Å². The van der Waals surface area contributed by atoms with Crippen molar-refractivity contribution in [3.63, 3.8) is 0 Å². The number of rotatable bonds is 6. The summed E-state index contributed by atoms with van der Waals surface area (Å²) in [6.45, 7) is 1.07. The van der Waals surface area contributed by atoms with E-state index in [-0.39, 0.29) is 18.0 Å². The molecular weight excluding hydrogens is 372 g/mol. The number of carbonyl (C=O) groups excluding carboxylic acids is 4. The van der Waals surface area contributed by atoms with Crippen LogP contribution in [-0.2, 0) is 11.2 Å². The predicted molar refractivity (Wildman–Crippen MR) is 104 cm³/mol. The van der Waals surface area contributed by atoms with Gasteiger partial charge in [-0.2, -0.15) is 0 Å². The van der Waals surface area contributed by atoms with Gasteiger partial charge in [-0.25, -0.2) is 4.79 Å². The molecule has 3 heterocycles.